The molecule has 0 amide bonds. The van der Waals surface area contributed by atoms with Gasteiger partial charge in [-0.25, -0.2) is 0 Å². The highest BCUT2D eigenvalue weighted by atomic mass is 16.5. The molecule has 3 aliphatic heterocycles. The van der Waals surface area contributed by atoms with Crippen LogP contribution in [0.25, 0.3) is 0 Å². The van der Waals surface area contributed by atoms with Crippen molar-refractivity contribution in [3.05, 3.63) is 29.8 Å². The topological polar surface area (TPSA) is 24.5 Å². The zero-order chi connectivity index (χ0) is 13.1. The van der Waals surface area contributed by atoms with Gasteiger partial charge in [0.1, 0.15) is 5.75 Å². The van der Waals surface area contributed by atoms with Crippen LogP contribution in [0.1, 0.15) is 18.4 Å². The van der Waals surface area contributed by atoms with E-state index in [0.717, 1.165) is 24.6 Å². The van der Waals surface area contributed by atoms with E-state index >= 15 is 0 Å². The largest absolute Gasteiger partial charge is 0.497 e. The van der Waals surface area contributed by atoms with Crippen LogP contribution < -0.4 is 10.1 Å². The van der Waals surface area contributed by atoms with Gasteiger partial charge in [-0.05, 0) is 62.5 Å². The molecule has 1 aromatic rings. The molecule has 3 aliphatic rings. The normalized spacial score (nSPS) is 29.4. The predicted octanol–water partition coefficient (Wildman–Crippen LogP) is 1.92. The Hall–Kier alpha value is -1.06. The fraction of sp³-hybridized carbons (Fsp3) is 0.625. The predicted molar refractivity (Wildman–Crippen MR) is 77.7 cm³/mol. The summed E-state index contributed by atoms with van der Waals surface area (Å²) in [6, 6.07) is 9.11. The first-order valence-corrected chi connectivity index (χ1v) is 7.44. The highest BCUT2D eigenvalue weighted by molar-refractivity contribution is 5.28. The fourth-order valence-electron chi connectivity index (χ4n) is 3.43. The van der Waals surface area contributed by atoms with E-state index in [0.29, 0.717) is 6.04 Å². The fourth-order valence-corrected chi connectivity index (χ4v) is 3.43. The van der Waals surface area contributed by atoms with Gasteiger partial charge in [0.25, 0.3) is 0 Å². The molecular formula is C16H24N2O. The van der Waals surface area contributed by atoms with Crippen molar-refractivity contribution in [1.82, 2.24) is 10.2 Å². The third-order valence-electron chi connectivity index (χ3n) is 4.61. The average Bonchev–Trinajstić information content (AvgIpc) is 2.49. The third-order valence-corrected chi connectivity index (χ3v) is 4.61. The molecule has 3 heterocycles. The van der Waals surface area contributed by atoms with Gasteiger partial charge in [0, 0.05) is 12.6 Å². The van der Waals surface area contributed by atoms with Crippen molar-refractivity contribution in [2.24, 2.45) is 5.92 Å². The van der Waals surface area contributed by atoms with Gasteiger partial charge >= 0.3 is 0 Å². The van der Waals surface area contributed by atoms with Crippen LogP contribution in [-0.4, -0.2) is 44.2 Å². The lowest BCUT2D eigenvalue weighted by Crippen LogP contribution is -2.56. The SMILES string of the molecule is COc1cccc(CCNC2CN3CCC2CC3)c1. The summed E-state index contributed by atoms with van der Waals surface area (Å²) in [4.78, 5) is 2.60. The zero-order valence-electron chi connectivity index (χ0n) is 11.8. The van der Waals surface area contributed by atoms with Gasteiger partial charge in [0.15, 0.2) is 0 Å². The maximum atomic E-state index is 5.26. The number of benzene rings is 1. The highest BCUT2D eigenvalue weighted by Gasteiger charge is 2.33. The third kappa shape index (κ3) is 3.10. The molecule has 1 N–H and O–H groups in total. The van der Waals surface area contributed by atoms with Gasteiger partial charge in [-0.3, -0.25) is 0 Å². The lowest BCUT2D eigenvalue weighted by atomic mass is 9.84. The second kappa shape index (κ2) is 5.93. The Balaban J connectivity index is 1.47. The van der Waals surface area contributed by atoms with E-state index in [1.807, 2.05) is 6.07 Å². The minimum atomic E-state index is 0.716. The second-order valence-corrected chi connectivity index (χ2v) is 5.80. The molecule has 0 saturated carbocycles. The first-order chi connectivity index (χ1) is 9.35. The van der Waals surface area contributed by atoms with Crippen LogP contribution in [0, 0.1) is 5.92 Å². The summed E-state index contributed by atoms with van der Waals surface area (Å²) in [6.45, 7) is 4.96. The molecule has 19 heavy (non-hydrogen) atoms. The lowest BCUT2D eigenvalue weighted by molar-refractivity contribution is 0.0731. The van der Waals surface area contributed by atoms with Crippen molar-refractivity contribution in [2.75, 3.05) is 33.3 Å². The highest BCUT2D eigenvalue weighted by Crippen LogP contribution is 2.27. The van der Waals surface area contributed by atoms with Gasteiger partial charge < -0.3 is 15.0 Å². The number of hydrogen-bond acceptors (Lipinski definition) is 3. The van der Waals surface area contributed by atoms with E-state index in [4.69, 9.17) is 4.74 Å². The monoisotopic (exact) mass is 260 g/mol. The quantitative estimate of drug-likeness (QED) is 0.875. The van der Waals surface area contributed by atoms with E-state index in [2.05, 4.69) is 28.4 Å². The molecule has 3 nitrogen and oxygen atoms in total. The van der Waals surface area contributed by atoms with Crippen LogP contribution in [-0.2, 0) is 6.42 Å². The minimum absolute atomic E-state index is 0.716. The summed E-state index contributed by atoms with van der Waals surface area (Å²) in [5, 5.41) is 3.76. The molecule has 3 heteroatoms. The van der Waals surface area contributed by atoms with E-state index in [-0.39, 0.29) is 0 Å². The Labute approximate surface area is 115 Å². The van der Waals surface area contributed by atoms with Crippen molar-refractivity contribution < 1.29 is 4.74 Å². The molecule has 1 aromatic carbocycles. The van der Waals surface area contributed by atoms with E-state index in [1.54, 1.807) is 7.11 Å². The van der Waals surface area contributed by atoms with Crippen molar-refractivity contribution in [2.45, 2.75) is 25.3 Å². The summed E-state index contributed by atoms with van der Waals surface area (Å²) in [7, 11) is 1.73. The van der Waals surface area contributed by atoms with Crippen molar-refractivity contribution in [3.8, 4) is 5.75 Å². The van der Waals surface area contributed by atoms with E-state index < -0.39 is 0 Å². The van der Waals surface area contributed by atoms with Crippen molar-refractivity contribution >= 4 is 0 Å². The van der Waals surface area contributed by atoms with Gasteiger partial charge in [-0.1, -0.05) is 12.1 Å². The minimum Gasteiger partial charge on any atom is -0.497 e. The summed E-state index contributed by atoms with van der Waals surface area (Å²) in [5.41, 5.74) is 1.35. The smallest absolute Gasteiger partial charge is 0.119 e. The molecule has 0 aromatic heterocycles. The Kier molecular flexibility index (Phi) is 4.04. The maximum absolute atomic E-state index is 5.26. The second-order valence-electron chi connectivity index (χ2n) is 5.80. The Bertz CT molecular complexity index is 413. The Morgan fingerprint density at radius 2 is 2.16 bits per heavy atom. The summed E-state index contributed by atoms with van der Waals surface area (Å²) >= 11 is 0. The molecule has 2 bridgehead atoms. The molecule has 0 spiro atoms. The van der Waals surface area contributed by atoms with Crippen LogP contribution in [0.3, 0.4) is 0 Å². The lowest BCUT2D eigenvalue weighted by Gasteiger charge is -2.45. The number of fused-ring (bicyclic) bond motifs is 3. The van der Waals surface area contributed by atoms with Crippen molar-refractivity contribution in [3.63, 3.8) is 0 Å². The van der Waals surface area contributed by atoms with Gasteiger partial charge in [-0.15, -0.1) is 0 Å². The number of ether oxygens (including phenoxy) is 1. The first kappa shape index (κ1) is 12.9. The standard InChI is InChI=1S/C16H24N2O/c1-19-15-4-2-3-13(11-15)5-8-17-16-12-18-9-6-14(16)7-10-18/h2-4,11,14,16-17H,5-10,12H2,1H3. The van der Waals surface area contributed by atoms with E-state index in [9.17, 15) is 0 Å². The summed E-state index contributed by atoms with van der Waals surface area (Å²) in [5.74, 6) is 1.87. The maximum Gasteiger partial charge on any atom is 0.119 e. The van der Waals surface area contributed by atoms with Crippen LogP contribution in [0.5, 0.6) is 5.75 Å². The molecule has 0 radical (unpaired) electrons. The number of piperidine rings is 3. The van der Waals surface area contributed by atoms with Gasteiger partial charge in [0.05, 0.1) is 7.11 Å². The average molecular weight is 260 g/mol. The van der Waals surface area contributed by atoms with Gasteiger partial charge in [-0.2, -0.15) is 0 Å². The van der Waals surface area contributed by atoms with E-state index in [1.165, 1.54) is 38.0 Å². The molecule has 1 unspecified atom stereocenters. The molecule has 104 valence electrons. The summed E-state index contributed by atoms with van der Waals surface area (Å²) < 4.78 is 5.26. The van der Waals surface area contributed by atoms with Crippen LogP contribution in [0.15, 0.2) is 24.3 Å². The Morgan fingerprint density at radius 3 is 2.84 bits per heavy atom. The number of methoxy groups -OCH3 is 1. The first-order valence-electron chi connectivity index (χ1n) is 7.44. The molecule has 0 aliphatic carbocycles. The molecule has 3 fully saturated rings. The molecule has 4 rings (SSSR count). The van der Waals surface area contributed by atoms with Crippen LogP contribution in [0.2, 0.25) is 0 Å². The number of nitrogens with zero attached hydrogens (tertiary/aromatic N) is 1. The van der Waals surface area contributed by atoms with Crippen molar-refractivity contribution in [1.29, 1.82) is 0 Å². The zero-order valence-corrected chi connectivity index (χ0v) is 11.8. The van der Waals surface area contributed by atoms with Gasteiger partial charge in [0.2, 0.25) is 0 Å². The molecular weight excluding hydrogens is 236 g/mol. The summed E-state index contributed by atoms with van der Waals surface area (Å²) in [6.07, 6.45) is 3.86. The number of rotatable bonds is 5. The Morgan fingerprint density at radius 1 is 1.32 bits per heavy atom. The molecule has 3 saturated heterocycles. The van der Waals surface area contributed by atoms with Crippen LogP contribution in [0.4, 0.5) is 0 Å². The number of hydrogen-bond donors (Lipinski definition) is 1. The molecule has 1 atom stereocenters. The number of nitrogens with one attached hydrogen (secondary N) is 1. The van der Waals surface area contributed by atoms with Crippen LogP contribution >= 0.6 is 0 Å².